The Morgan fingerprint density at radius 1 is 1.17 bits per heavy atom. The highest BCUT2D eigenvalue weighted by molar-refractivity contribution is 5.85. The van der Waals surface area contributed by atoms with Gasteiger partial charge in [0.15, 0.2) is 0 Å². The van der Waals surface area contributed by atoms with Crippen LogP contribution in [0.3, 0.4) is 0 Å². The van der Waals surface area contributed by atoms with E-state index < -0.39 is 5.60 Å². The molecular formula is C18H25FN2O2. The first-order valence-electron chi connectivity index (χ1n) is 8.47. The van der Waals surface area contributed by atoms with E-state index >= 15 is 0 Å². The van der Waals surface area contributed by atoms with Gasteiger partial charge < -0.3 is 9.64 Å². The Labute approximate surface area is 137 Å². The Hall–Kier alpha value is -1.46. The Morgan fingerprint density at radius 2 is 1.96 bits per heavy atom. The van der Waals surface area contributed by atoms with E-state index in [0.29, 0.717) is 6.61 Å². The molecule has 23 heavy (non-hydrogen) atoms. The molecule has 1 aromatic rings. The van der Waals surface area contributed by atoms with Crippen molar-refractivity contribution in [3.05, 3.63) is 35.6 Å². The van der Waals surface area contributed by atoms with E-state index in [2.05, 4.69) is 4.90 Å². The van der Waals surface area contributed by atoms with E-state index in [1.165, 1.54) is 12.1 Å². The molecule has 2 saturated heterocycles. The van der Waals surface area contributed by atoms with E-state index in [1.807, 2.05) is 24.0 Å². The number of ether oxygens (including phenoxy) is 1. The molecule has 2 aliphatic rings. The molecule has 1 amide bonds. The van der Waals surface area contributed by atoms with Gasteiger partial charge in [-0.15, -0.1) is 0 Å². The maximum absolute atomic E-state index is 13.0. The number of amides is 1. The second-order valence-electron chi connectivity index (χ2n) is 6.73. The van der Waals surface area contributed by atoms with Gasteiger partial charge in [-0.25, -0.2) is 4.39 Å². The minimum atomic E-state index is -0.619. The molecule has 2 aliphatic heterocycles. The van der Waals surface area contributed by atoms with Crippen molar-refractivity contribution >= 4 is 5.91 Å². The predicted molar refractivity (Wildman–Crippen MR) is 86.5 cm³/mol. The van der Waals surface area contributed by atoms with Gasteiger partial charge in [0.2, 0.25) is 0 Å². The quantitative estimate of drug-likeness (QED) is 0.857. The number of rotatable bonds is 3. The smallest absolute Gasteiger partial charge is 0.254 e. The van der Waals surface area contributed by atoms with E-state index in [-0.39, 0.29) is 11.7 Å². The maximum atomic E-state index is 13.0. The molecule has 5 heteroatoms. The third-order valence-electron chi connectivity index (χ3n) is 4.87. The molecule has 0 spiro atoms. The highest BCUT2D eigenvalue weighted by Gasteiger charge is 2.40. The number of hydrogen-bond acceptors (Lipinski definition) is 3. The molecular weight excluding hydrogens is 295 g/mol. The van der Waals surface area contributed by atoms with Gasteiger partial charge in [-0.3, -0.25) is 9.69 Å². The molecule has 0 bridgehead atoms. The second-order valence-corrected chi connectivity index (χ2v) is 6.73. The van der Waals surface area contributed by atoms with Gasteiger partial charge in [0, 0.05) is 39.3 Å². The molecule has 0 saturated carbocycles. The Kier molecular flexibility index (Phi) is 4.97. The summed E-state index contributed by atoms with van der Waals surface area (Å²) < 4.78 is 18.7. The third-order valence-corrected chi connectivity index (χ3v) is 4.87. The molecule has 2 heterocycles. The number of hydrogen-bond donors (Lipinski definition) is 0. The first-order valence-corrected chi connectivity index (χ1v) is 8.47. The average Bonchev–Trinajstić information content (AvgIpc) is 2.87. The van der Waals surface area contributed by atoms with Crippen LogP contribution in [0, 0.1) is 5.82 Å². The number of carbonyl (C=O) groups excluding carboxylic acids is 1. The van der Waals surface area contributed by atoms with Crippen LogP contribution in [0.2, 0.25) is 0 Å². The lowest BCUT2D eigenvalue weighted by Crippen LogP contribution is -2.48. The zero-order valence-electron chi connectivity index (χ0n) is 13.8. The molecule has 0 aromatic heterocycles. The molecule has 1 atom stereocenters. The van der Waals surface area contributed by atoms with E-state index in [0.717, 1.165) is 57.5 Å². The van der Waals surface area contributed by atoms with Crippen LogP contribution in [0.1, 0.15) is 31.7 Å². The van der Waals surface area contributed by atoms with Crippen LogP contribution in [0.5, 0.6) is 0 Å². The highest BCUT2D eigenvalue weighted by Crippen LogP contribution is 2.27. The molecule has 0 unspecified atom stereocenters. The fourth-order valence-corrected chi connectivity index (χ4v) is 3.46. The van der Waals surface area contributed by atoms with Crippen LogP contribution in [-0.4, -0.2) is 54.1 Å². The van der Waals surface area contributed by atoms with Crippen LogP contribution in [-0.2, 0) is 16.1 Å². The minimum Gasteiger partial charge on any atom is -0.365 e. The van der Waals surface area contributed by atoms with Crippen molar-refractivity contribution in [2.24, 2.45) is 0 Å². The zero-order chi connectivity index (χ0) is 16.3. The van der Waals surface area contributed by atoms with Crippen molar-refractivity contribution in [3.8, 4) is 0 Å². The fourth-order valence-electron chi connectivity index (χ4n) is 3.46. The Bertz CT molecular complexity index is 540. The summed E-state index contributed by atoms with van der Waals surface area (Å²) in [7, 11) is 0. The number of nitrogens with zero attached hydrogens (tertiary/aromatic N) is 2. The van der Waals surface area contributed by atoms with Crippen molar-refractivity contribution in [2.75, 3.05) is 32.8 Å². The molecule has 1 aromatic carbocycles. The SMILES string of the molecule is C[C@]1(C(=O)N2CCCN(Cc3ccc(F)cc3)CC2)CCCO1. The van der Waals surface area contributed by atoms with Crippen LogP contribution in [0.4, 0.5) is 4.39 Å². The summed E-state index contributed by atoms with van der Waals surface area (Å²) in [5.41, 5.74) is 0.490. The minimum absolute atomic E-state index is 0.138. The van der Waals surface area contributed by atoms with Crippen molar-refractivity contribution in [1.29, 1.82) is 0 Å². The molecule has 126 valence electrons. The van der Waals surface area contributed by atoms with Crippen molar-refractivity contribution in [1.82, 2.24) is 9.80 Å². The monoisotopic (exact) mass is 320 g/mol. The summed E-state index contributed by atoms with van der Waals surface area (Å²) in [5, 5.41) is 0. The molecule has 0 radical (unpaired) electrons. The van der Waals surface area contributed by atoms with Gasteiger partial charge in [-0.05, 0) is 43.9 Å². The van der Waals surface area contributed by atoms with Crippen LogP contribution in [0.15, 0.2) is 24.3 Å². The lowest BCUT2D eigenvalue weighted by Gasteiger charge is -2.30. The van der Waals surface area contributed by atoms with E-state index in [1.54, 1.807) is 0 Å². The second kappa shape index (κ2) is 6.97. The average molecular weight is 320 g/mol. The van der Waals surface area contributed by atoms with Crippen molar-refractivity contribution in [2.45, 2.75) is 38.3 Å². The lowest BCUT2D eigenvalue weighted by molar-refractivity contribution is -0.150. The lowest BCUT2D eigenvalue weighted by atomic mass is 10.0. The number of halogens is 1. The predicted octanol–water partition coefficient (Wildman–Crippen LogP) is 2.43. The fraction of sp³-hybridized carbons (Fsp3) is 0.611. The van der Waals surface area contributed by atoms with Crippen LogP contribution >= 0.6 is 0 Å². The first kappa shape index (κ1) is 16.4. The van der Waals surface area contributed by atoms with Gasteiger partial charge in [0.05, 0.1) is 0 Å². The van der Waals surface area contributed by atoms with Gasteiger partial charge in [-0.1, -0.05) is 12.1 Å². The Balaban J connectivity index is 1.56. The number of carbonyl (C=O) groups is 1. The van der Waals surface area contributed by atoms with Crippen LogP contribution in [0.25, 0.3) is 0 Å². The normalized spacial score (nSPS) is 26.3. The molecule has 2 fully saturated rings. The summed E-state index contributed by atoms with van der Waals surface area (Å²) in [6, 6.07) is 6.66. The van der Waals surface area contributed by atoms with Gasteiger partial charge in [0.1, 0.15) is 11.4 Å². The summed E-state index contributed by atoms with van der Waals surface area (Å²) in [6.07, 6.45) is 2.75. The maximum Gasteiger partial charge on any atom is 0.254 e. The highest BCUT2D eigenvalue weighted by atomic mass is 19.1. The third kappa shape index (κ3) is 3.90. The topological polar surface area (TPSA) is 32.8 Å². The van der Waals surface area contributed by atoms with E-state index in [4.69, 9.17) is 4.74 Å². The van der Waals surface area contributed by atoms with Crippen molar-refractivity contribution in [3.63, 3.8) is 0 Å². The van der Waals surface area contributed by atoms with Gasteiger partial charge >= 0.3 is 0 Å². The summed E-state index contributed by atoms with van der Waals surface area (Å²) in [6.45, 7) is 6.74. The Morgan fingerprint density at radius 3 is 2.65 bits per heavy atom. The first-order chi connectivity index (χ1) is 11.1. The van der Waals surface area contributed by atoms with E-state index in [9.17, 15) is 9.18 Å². The summed E-state index contributed by atoms with van der Waals surface area (Å²) in [4.78, 5) is 17.0. The van der Waals surface area contributed by atoms with Gasteiger partial charge in [-0.2, -0.15) is 0 Å². The largest absolute Gasteiger partial charge is 0.365 e. The van der Waals surface area contributed by atoms with Crippen LogP contribution < -0.4 is 0 Å². The number of benzene rings is 1. The summed E-state index contributed by atoms with van der Waals surface area (Å²) in [5.74, 6) is -0.0650. The molecule has 4 nitrogen and oxygen atoms in total. The summed E-state index contributed by atoms with van der Waals surface area (Å²) >= 11 is 0. The van der Waals surface area contributed by atoms with Crippen molar-refractivity contribution < 1.29 is 13.9 Å². The zero-order valence-corrected chi connectivity index (χ0v) is 13.8. The molecule has 3 rings (SSSR count). The standard InChI is InChI=1S/C18H25FN2O2/c1-18(8-2-13-23-18)17(22)21-10-3-9-20(11-12-21)14-15-4-6-16(19)7-5-15/h4-7H,2-3,8-14H2,1H3/t18-/m1/s1. The van der Waals surface area contributed by atoms with Gasteiger partial charge in [0.25, 0.3) is 5.91 Å². The molecule has 0 N–H and O–H groups in total. The molecule has 0 aliphatic carbocycles.